The van der Waals surface area contributed by atoms with Crippen molar-refractivity contribution in [3.63, 3.8) is 0 Å². The van der Waals surface area contributed by atoms with Gasteiger partial charge >= 0.3 is 0 Å². The number of fused-ring (bicyclic) bond motifs is 1. The summed E-state index contributed by atoms with van der Waals surface area (Å²) in [7, 11) is 0.955. The third kappa shape index (κ3) is 7.72. The number of carbonyl (C=O) groups excluding carboxylic acids is 1. The molecule has 0 aliphatic carbocycles. The van der Waals surface area contributed by atoms with Crippen LogP contribution in [0.1, 0.15) is 64.0 Å². The number of aromatic amines is 1. The molecule has 1 aliphatic rings. The Morgan fingerprint density at radius 3 is 2.06 bits per heavy atom. The number of carbonyl (C=O) groups is 1. The van der Waals surface area contributed by atoms with E-state index >= 15 is 0 Å². The quantitative estimate of drug-likeness (QED) is 0.0930. The minimum Gasteiger partial charge on any atom is -0.497 e. The fourth-order valence-corrected chi connectivity index (χ4v) is 7.78. The Hall–Kier alpha value is -4.82. The molecule has 1 aliphatic heterocycles. The van der Waals surface area contributed by atoms with Crippen LogP contribution in [0.25, 0.3) is 11.2 Å². The van der Waals surface area contributed by atoms with Gasteiger partial charge in [0.1, 0.15) is 17.1 Å². The van der Waals surface area contributed by atoms with Gasteiger partial charge in [-0.1, -0.05) is 89.2 Å². The van der Waals surface area contributed by atoms with Gasteiger partial charge in [-0.3, -0.25) is 24.5 Å². The van der Waals surface area contributed by atoms with Crippen molar-refractivity contribution in [3.05, 3.63) is 112 Å². The number of H-pyrrole nitrogens is 1. The Morgan fingerprint density at radius 2 is 1.52 bits per heavy atom. The molecule has 286 valence electrons. The first-order valence-corrected chi connectivity index (χ1v) is 21.2. The van der Waals surface area contributed by atoms with Crippen molar-refractivity contribution in [1.82, 2.24) is 19.5 Å². The molecule has 0 radical (unpaired) electrons. The number of hydrogen-bond donors (Lipinski definition) is 2. The van der Waals surface area contributed by atoms with Crippen LogP contribution in [-0.4, -0.2) is 66.8 Å². The van der Waals surface area contributed by atoms with E-state index in [9.17, 15) is 9.59 Å². The highest BCUT2D eigenvalue weighted by molar-refractivity contribution is 6.74. The lowest BCUT2D eigenvalue weighted by Gasteiger charge is -2.39. The zero-order chi connectivity index (χ0) is 38.8. The number of aromatic nitrogens is 4. The average molecular weight is 754 g/mol. The summed E-state index contributed by atoms with van der Waals surface area (Å²) in [6, 6.07) is 25.9. The van der Waals surface area contributed by atoms with E-state index in [0.29, 0.717) is 6.42 Å². The number of anilines is 1. The second-order valence-electron chi connectivity index (χ2n) is 15.5. The normalized spacial score (nSPS) is 17.9. The van der Waals surface area contributed by atoms with Crippen molar-refractivity contribution in [2.75, 3.05) is 26.1 Å². The molecule has 12 nitrogen and oxygen atoms in total. The summed E-state index contributed by atoms with van der Waals surface area (Å²) in [6.07, 6.45) is 0.532. The van der Waals surface area contributed by atoms with E-state index in [1.807, 2.05) is 66.7 Å². The molecule has 13 heteroatoms. The molecule has 6 rings (SSSR count). The smallest absolute Gasteiger partial charge is 0.280 e. The summed E-state index contributed by atoms with van der Waals surface area (Å²) in [6.45, 7) is 14.7. The molecule has 5 aromatic rings. The molecule has 0 bridgehead atoms. The molecule has 2 N–H and O–H groups in total. The number of methoxy groups -OCH3 is 2. The molecule has 0 spiro atoms. The highest BCUT2D eigenvalue weighted by Crippen LogP contribution is 2.45. The largest absolute Gasteiger partial charge is 0.497 e. The van der Waals surface area contributed by atoms with Crippen LogP contribution in [0.5, 0.6) is 11.5 Å². The average Bonchev–Trinajstić information content (AvgIpc) is 3.75. The molecule has 1 saturated heterocycles. The number of rotatable bonds is 13. The number of nitrogens with one attached hydrogen (secondary N) is 2. The van der Waals surface area contributed by atoms with E-state index in [2.05, 4.69) is 66.3 Å². The number of benzene rings is 3. The van der Waals surface area contributed by atoms with Gasteiger partial charge in [-0.25, -0.2) is 4.98 Å². The number of ether oxygens (including phenoxy) is 4. The second kappa shape index (κ2) is 15.5. The molecule has 0 unspecified atom stereocenters. The van der Waals surface area contributed by atoms with E-state index in [4.69, 9.17) is 23.4 Å². The lowest BCUT2D eigenvalue weighted by molar-refractivity contribution is -0.118. The van der Waals surface area contributed by atoms with E-state index in [1.165, 1.54) is 0 Å². The molecule has 3 heterocycles. The van der Waals surface area contributed by atoms with Crippen LogP contribution in [-0.2, 0) is 24.3 Å². The number of hydrogen-bond acceptors (Lipinski definition) is 9. The standard InChI is InChI=1S/C41H51N5O7Si/c1-26(2)36(47)44-39-43-35-34(37(48)45-39)42-25-46(35)38-33(53-54(8,9)40(3,4)5)23-32(52-38)24-51-41(27-13-11-10-12-14-27,28-15-19-30(49-6)20-16-28)29-17-21-31(50-7)22-18-29/h10-22,25-26,32-33,38H,23-24H2,1-9H3,(H2,43,44,45,47,48)/t32-,33-,38-/m1/s1. The van der Waals surface area contributed by atoms with Gasteiger partial charge in [-0.2, -0.15) is 4.98 Å². The first kappa shape index (κ1) is 38.9. The maximum atomic E-state index is 13.2. The van der Waals surface area contributed by atoms with E-state index in [0.717, 1.165) is 28.2 Å². The van der Waals surface area contributed by atoms with Gasteiger partial charge in [0.25, 0.3) is 5.56 Å². The fraction of sp³-hybridized carbons (Fsp3) is 0.415. The van der Waals surface area contributed by atoms with Gasteiger partial charge in [0.2, 0.25) is 11.9 Å². The summed E-state index contributed by atoms with van der Waals surface area (Å²) < 4.78 is 34.0. The van der Waals surface area contributed by atoms with Crippen molar-refractivity contribution < 1.29 is 28.2 Å². The lowest BCUT2D eigenvalue weighted by Crippen LogP contribution is -2.45. The Morgan fingerprint density at radius 1 is 0.944 bits per heavy atom. The number of amides is 1. The molecule has 2 aromatic heterocycles. The van der Waals surface area contributed by atoms with Crippen LogP contribution in [0.2, 0.25) is 18.1 Å². The van der Waals surface area contributed by atoms with E-state index < -0.39 is 37.9 Å². The molecule has 1 fully saturated rings. The molecule has 1 amide bonds. The van der Waals surface area contributed by atoms with Crippen molar-refractivity contribution in [3.8, 4) is 11.5 Å². The molecule has 54 heavy (non-hydrogen) atoms. The van der Waals surface area contributed by atoms with E-state index in [1.54, 1.807) is 39.0 Å². The van der Waals surface area contributed by atoms with Crippen molar-refractivity contribution >= 4 is 31.3 Å². The van der Waals surface area contributed by atoms with Crippen LogP contribution >= 0.6 is 0 Å². The second-order valence-corrected chi connectivity index (χ2v) is 20.3. The Labute approximate surface area is 317 Å². The highest BCUT2D eigenvalue weighted by Gasteiger charge is 2.47. The van der Waals surface area contributed by atoms with Crippen LogP contribution in [0, 0.1) is 5.92 Å². The zero-order valence-electron chi connectivity index (χ0n) is 32.5. The minimum absolute atomic E-state index is 0.0410. The van der Waals surface area contributed by atoms with Gasteiger partial charge in [-0.05, 0) is 59.1 Å². The van der Waals surface area contributed by atoms with Gasteiger partial charge < -0.3 is 23.4 Å². The Bertz CT molecular complexity index is 2060. The van der Waals surface area contributed by atoms with E-state index in [-0.39, 0.29) is 40.6 Å². The van der Waals surface area contributed by atoms with Gasteiger partial charge in [-0.15, -0.1) is 0 Å². The third-order valence-corrected chi connectivity index (χ3v) is 15.0. The van der Waals surface area contributed by atoms with Crippen molar-refractivity contribution in [1.29, 1.82) is 0 Å². The van der Waals surface area contributed by atoms with Gasteiger partial charge in [0, 0.05) is 12.3 Å². The summed E-state index contributed by atoms with van der Waals surface area (Å²) in [5.41, 5.74) is 1.65. The lowest BCUT2D eigenvalue weighted by atomic mass is 9.80. The molecular weight excluding hydrogens is 703 g/mol. The van der Waals surface area contributed by atoms with Crippen LogP contribution in [0.15, 0.2) is 90.0 Å². The minimum atomic E-state index is -2.34. The van der Waals surface area contributed by atoms with Gasteiger partial charge in [0.05, 0.1) is 39.4 Å². The number of imidazole rings is 1. The van der Waals surface area contributed by atoms with Crippen LogP contribution < -0.4 is 20.3 Å². The Balaban J connectivity index is 1.41. The van der Waals surface area contributed by atoms with Crippen LogP contribution in [0.4, 0.5) is 5.95 Å². The maximum Gasteiger partial charge on any atom is 0.280 e. The van der Waals surface area contributed by atoms with Crippen molar-refractivity contribution in [2.45, 2.75) is 83.2 Å². The first-order chi connectivity index (χ1) is 25.7. The summed E-state index contributed by atoms with van der Waals surface area (Å²) in [5.74, 6) is 0.924. The predicted octanol–water partition coefficient (Wildman–Crippen LogP) is 7.42. The van der Waals surface area contributed by atoms with Gasteiger partial charge in [0.15, 0.2) is 25.7 Å². The molecule has 0 saturated carbocycles. The monoisotopic (exact) mass is 753 g/mol. The number of nitrogens with zero attached hydrogens (tertiary/aromatic N) is 3. The summed E-state index contributed by atoms with van der Waals surface area (Å²) in [4.78, 5) is 37.4. The maximum absolute atomic E-state index is 13.2. The topological polar surface area (TPSA) is 139 Å². The summed E-state index contributed by atoms with van der Waals surface area (Å²) >= 11 is 0. The SMILES string of the molecule is COc1ccc(C(OC[C@H]2C[C@@H](O[Si](C)(C)C(C)(C)C)[C@H](n3cnc4c(=O)[nH]c(NC(=O)C(C)C)nc43)O2)(c2ccccc2)c2ccc(OC)cc2)cc1. The zero-order valence-corrected chi connectivity index (χ0v) is 33.5. The molecule has 3 aromatic carbocycles. The fourth-order valence-electron chi connectivity index (χ4n) is 6.45. The molecular formula is C41H51N5O7Si. The van der Waals surface area contributed by atoms with Crippen LogP contribution in [0.3, 0.4) is 0 Å². The van der Waals surface area contributed by atoms with Crippen molar-refractivity contribution in [2.24, 2.45) is 5.92 Å². The third-order valence-electron chi connectivity index (χ3n) is 10.5. The molecule has 3 atom stereocenters. The Kier molecular flexibility index (Phi) is 11.2. The first-order valence-electron chi connectivity index (χ1n) is 18.3. The summed E-state index contributed by atoms with van der Waals surface area (Å²) in [5, 5.41) is 2.63. The highest BCUT2D eigenvalue weighted by atomic mass is 28.4. The predicted molar refractivity (Wildman–Crippen MR) is 210 cm³/mol.